The molecule has 42 heavy (non-hydrogen) atoms. The van der Waals surface area contributed by atoms with Crippen LogP contribution in [0.15, 0.2) is 108 Å². The van der Waals surface area contributed by atoms with Gasteiger partial charge in [0.2, 0.25) is 5.95 Å². The lowest BCUT2D eigenvalue weighted by Crippen LogP contribution is -2.01. The predicted octanol–water partition coefficient (Wildman–Crippen LogP) is 8.33. The molecule has 3 aromatic heterocycles. The molecular formula is C31H31BrFN9. The van der Waals surface area contributed by atoms with Gasteiger partial charge in [-0.05, 0) is 76.6 Å². The van der Waals surface area contributed by atoms with E-state index in [4.69, 9.17) is 5.73 Å². The highest BCUT2D eigenvalue weighted by Gasteiger charge is 2.08. The van der Waals surface area contributed by atoms with E-state index in [1.54, 1.807) is 30.7 Å². The summed E-state index contributed by atoms with van der Waals surface area (Å²) in [6, 6.07) is 25.4. The van der Waals surface area contributed by atoms with Gasteiger partial charge in [-0.2, -0.15) is 15.2 Å². The van der Waals surface area contributed by atoms with Crippen LogP contribution >= 0.6 is 15.9 Å². The molecule has 3 heterocycles. The van der Waals surface area contributed by atoms with Gasteiger partial charge in [0.1, 0.15) is 11.6 Å². The normalized spacial score (nSPS) is 10.1. The number of nitrogen functional groups attached to an aromatic ring is 1. The number of hydrogen-bond acceptors (Lipinski definition) is 7. The Hall–Kier alpha value is -5.03. The van der Waals surface area contributed by atoms with Crippen molar-refractivity contribution in [2.75, 3.05) is 16.4 Å². The second-order valence-corrected chi connectivity index (χ2v) is 9.86. The first-order chi connectivity index (χ1) is 20.4. The standard InChI is InChI=1S/C19H14BrFN6.C9H9N3.C3H8/c20-16-11-22-19(26-18(16)24-14-6-4-13(21)5-7-14)25-15-3-1-2-12(10-15)17-8-9-23-27-17;10-8-3-1-2-7(6-8)9-4-5-11-12-9;1-3-2/h1-11H,(H,23,27)(H2,22,24,25,26);1-6H,10H2,(H,11,12);3H2,1-2H3. The third-order valence-electron chi connectivity index (χ3n) is 5.48. The molecule has 0 aliphatic carbocycles. The third kappa shape index (κ3) is 8.73. The Morgan fingerprint density at radius 1 is 0.786 bits per heavy atom. The lowest BCUT2D eigenvalue weighted by molar-refractivity contribution is 0.628. The number of benzene rings is 3. The lowest BCUT2D eigenvalue weighted by atomic mass is 10.1. The van der Waals surface area contributed by atoms with E-state index in [2.05, 4.69) is 70.8 Å². The van der Waals surface area contributed by atoms with Gasteiger partial charge >= 0.3 is 0 Å². The van der Waals surface area contributed by atoms with Crippen LogP contribution in [0.4, 0.5) is 33.2 Å². The summed E-state index contributed by atoms with van der Waals surface area (Å²) >= 11 is 3.43. The highest BCUT2D eigenvalue weighted by molar-refractivity contribution is 9.10. The number of nitrogens with one attached hydrogen (secondary N) is 4. The van der Waals surface area contributed by atoms with Gasteiger partial charge in [0, 0.05) is 46.8 Å². The van der Waals surface area contributed by atoms with Crippen LogP contribution < -0.4 is 16.4 Å². The van der Waals surface area contributed by atoms with Crippen molar-refractivity contribution in [3.05, 3.63) is 114 Å². The van der Waals surface area contributed by atoms with Crippen molar-refractivity contribution < 1.29 is 4.39 Å². The summed E-state index contributed by atoms with van der Waals surface area (Å²) in [5.74, 6) is 0.718. The number of halogens is 2. The molecule has 0 atom stereocenters. The van der Waals surface area contributed by atoms with E-state index < -0.39 is 0 Å². The lowest BCUT2D eigenvalue weighted by Gasteiger charge is -2.11. The molecule has 0 aliphatic rings. The summed E-state index contributed by atoms with van der Waals surface area (Å²) in [5.41, 5.74) is 11.9. The first kappa shape index (κ1) is 29.9. The van der Waals surface area contributed by atoms with Crippen molar-refractivity contribution >= 4 is 44.8 Å². The number of hydrogen-bond donors (Lipinski definition) is 5. The van der Waals surface area contributed by atoms with Crippen molar-refractivity contribution in [1.29, 1.82) is 0 Å². The minimum atomic E-state index is -0.290. The summed E-state index contributed by atoms with van der Waals surface area (Å²) in [5, 5.41) is 20.0. The second kappa shape index (κ2) is 15.1. The minimum Gasteiger partial charge on any atom is -0.399 e. The minimum absolute atomic E-state index is 0.290. The van der Waals surface area contributed by atoms with Gasteiger partial charge in [0.05, 0.1) is 15.9 Å². The highest BCUT2D eigenvalue weighted by atomic mass is 79.9. The van der Waals surface area contributed by atoms with Gasteiger partial charge in [-0.3, -0.25) is 10.2 Å². The summed E-state index contributed by atoms with van der Waals surface area (Å²) < 4.78 is 13.8. The van der Waals surface area contributed by atoms with E-state index in [-0.39, 0.29) is 5.82 Å². The topological polar surface area (TPSA) is 133 Å². The summed E-state index contributed by atoms with van der Waals surface area (Å²) in [6.07, 6.45) is 6.33. The zero-order valence-corrected chi connectivity index (χ0v) is 24.7. The fourth-order valence-corrected chi connectivity index (χ4v) is 3.91. The van der Waals surface area contributed by atoms with Crippen LogP contribution in [0.3, 0.4) is 0 Å². The number of nitrogens with zero attached hydrogens (tertiary/aromatic N) is 4. The molecule has 0 radical (unpaired) electrons. The molecule has 3 aromatic carbocycles. The van der Waals surface area contributed by atoms with Crippen LogP contribution in [0.25, 0.3) is 22.5 Å². The molecule has 6 N–H and O–H groups in total. The maximum absolute atomic E-state index is 13.1. The van der Waals surface area contributed by atoms with E-state index in [0.29, 0.717) is 16.2 Å². The number of rotatable bonds is 6. The highest BCUT2D eigenvalue weighted by Crippen LogP contribution is 2.27. The number of anilines is 5. The van der Waals surface area contributed by atoms with Crippen LogP contribution in [0.5, 0.6) is 0 Å². The maximum atomic E-state index is 13.1. The smallest absolute Gasteiger partial charge is 0.229 e. The molecule has 0 unspecified atom stereocenters. The average Bonchev–Trinajstić information content (AvgIpc) is 3.73. The van der Waals surface area contributed by atoms with Gasteiger partial charge in [0.25, 0.3) is 0 Å². The van der Waals surface area contributed by atoms with Gasteiger partial charge in [0.15, 0.2) is 0 Å². The van der Waals surface area contributed by atoms with Crippen molar-refractivity contribution in [1.82, 2.24) is 30.4 Å². The molecule has 11 heteroatoms. The first-order valence-electron chi connectivity index (χ1n) is 13.2. The fourth-order valence-electron chi connectivity index (χ4n) is 3.62. The molecule has 0 aliphatic heterocycles. The summed E-state index contributed by atoms with van der Waals surface area (Å²) in [6.45, 7) is 4.25. The Bertz CT molecular complexity index is 1660. The van der Waals surface area contributed by atoms with Gasteiger partial charge in [-0.15, -0.1) is 0 Å². The Balaban J connectivity index is 0.000000224. The summed E-state index contributed by atoms with van der Waals surface area (Å²) in [4.78, 5) is 8.78. The zero-order valence-electron chi connectivity index (χ0n) is 23.1. The third-order valence-corrected chi connectivity index (χ3v) is 6.06. The van der Waals surface area contributed by atoms with E-state index in [1.165, 1.54) is 18.6 Å². The van der Waals surface area contributed by atoms with E-state index in [9.17, 15) is 4.39 Å². The van der Waals surface area contributed by atoms with Gasteiger partial charge in [-0.1, -0.05) is 44.5 Å². The fraction of sp³-hybridized carbons (Fsp3) is 0.0968. The molecule has 0 saturated carbocycles. The number of H-pyrrole nitrogens is 2. The first-order valence-corrected chi connectivity index (χ1v) is 14.0. The molecule has 0 spiro atoms. The molecule has 0 fully saturated rings. The van der Waals surface area contributed by atoms with Crippen molar-refractivity contribution in [2.24, 2.45) is 0 Å². The van der Waals surface area contributed by atoms with Gasteiger partial charge in [-0.25, -0.2) is 9.37 Å². The largest absolute Gasteiger partial charge is 0.399 e. The average molecular weight is 629 g/mol. The summed E-state index contributed by atoms with van der Waals surface area (Å²) in [7, 11) is 0. The van der Waals surface area contributed by atoms with Crippen LogP contribution in [0, 0.1) is 5.82 Å². The Morgan fingerprint density at radius 2 is 1.40 bits per heavy atom. The van der Waals surface area contributed by atoms with Crippen LogP contribution in [0.2, 0.25) is 0 Å². The van der Waals surface area contributed by atoms with Crippen LogP contribution in [0.1, 0.15) is 20.3 Å². The monoisotopic (exact) mass is 627 g/mol. The van der Waals surface area contributed by atoms with Gasteiger partial charge < -0.3 is 16.4 Å². The molecular weight excluding hydrogens is 597 g/mol. The predicted molar refractivity (Wildman–Crippen MR) is 171 cm³/mol. The van der Waals surface area contributed by atoms with Crippen molar-refractivity contribution in [3.8, 4) is 22.5 Å². The maximum Gasteiger partial charge on any atom is 0.229 e. The van der Waals surface area contributed by atoms with Crippen molar-refractivity contribution in [2.45, 2.75) is 20.3 Å². The van der Waals surface area contributed by atoms with Crippen LogP contribution in [-0.4, -0.2) is 30.4 Å². The molecule has 0 saturated heterocycles. The number of aromatic nitrogens is 6. The Morgan fingerprint density at radius 3 is 2.00 bits per heavy atom. The van der Waals surface area contributed by atoms with E-state index in [1.807, 2.05) is 60.7 Å². The second-order valence-electron chi connectivity index (χ2n) is 9.00. The van der Waals surface area contributed by atoms with Crippen LogP contribution in [-0.2, 0) is 0 Å². The Labute approximate surface area is 252 Å². The number of nitrogens with two attached hydrogens (primary N) is 1. The molecule has 6 rings (SSSR count). The zero-order chi connectivity index (χ0) is 29.7. The molecule has 9 nitrogen and oxygen atoms in total. The molecule has 214 valence electrons. The SMILES string of the molecule is CCC.Fc1ccc(Nc2nc(Nc3cccc(-c4ccn[nH]4)c3)ncc2Br)cc1.Nc1cccc(-c2ccn[nH]2)c1. The molecule has 0 bridgehead atoms. The van der Waals surface area contributed by atoms with E-state index in [0.717, 1.165) is 39.6 Å². The molecule has 0 amide bonds. The van der Waals surface area contributed by atoms with E-state index >= 15 is 0 Å². The Kier molecular flexibility index (Phi) is 10.8. The quantitative estimate of drug-likeness (QED) is 0.117. The molecule has 6 aromatic rings. The number of aromatic amines is 2. The van der Waals surface area contributed by atoms with Crippen molar-refractivity contribution in [3.63, 3.8) is 0 Å².